The number of β-amino-alcohol motifs (C(OH)–C–C–N with tert-alkyl or cyclic N) is 1. The molecule has 0 unspecified atom stereocenters. The first-order valence-electron chi connectivity index (χ1n) is 9.01. The van der Waals surface area contributed by atoms with E-state index in [2.05, 4.69) is 26.7 Å². The number of rotatable bonds is 5. The van der Waals surface area contributed by atoms with E-state index in [1.54, 1.807) is 0 Å². The highest BCUT2D eigenvalue weighted by Gasteiger charge is 2.41. The largest absolute Gasteiger partial charge is 0.396 e. The SMILES string of the molecule is CCC[C@]1(CO)CCN(c2cc(N3CCCC3)nc(N)n2)C[C@H]1O. The standard InChI is InChI=1S/C17H29N5O2/c1-2-5-17(12-23)6-9-22(11-13(17)24)15-10-14(19-16(18)20-15)21-7-3-4-8-21/h10,13,23-24H,2-9,11-12H2,1H3,(H2,18,19,20)/t13-,17-/m1/s1. The third kappa shape index (κ3) is 3.28. The van der Waals surface area contributed by atoms with E-state index in [0.29, 0.717) is 6.54 Å². The molecule has 2 atom stereocenters. The molecular formula is C17H29N5O2. The Balaban J connectivity index is 1.78. The van der Waals surface area contributed by atoms with Crippen molar-refractivity contribution in [1.82, 2.24) is 9.97 Å². The van der Waals surface area contributed by atoms with Gasteiger partial charge in [0.15, 0.2) is 0 Å². The molecule has 1 aromatic heterocycles. The third-order valence-corrected chi connectivity index (χ3v) is 5.51. The van der Waals surface area contributed by atoms with Gasteiger partial charge in [-0.15, -0.1) is 0 Å². The molecule has 0 radical (unpaired) electrons. The minimum Gasteiger partial charge on any atom is -0.396 e. The molecule has 7 heteroatoms. The lowest BCUT2D eigenvalue weighted by molar-refractivity contribution is -0.0372. The number of hydrogen-bond acceptors (Lipinski definition) is 7. The van der Waals surface area contributed by atoms with Gasteiger partial charge in [0, 0.05) is 37.7 Å². The quantitative estimate of drug-likeness (QED) is 0.738. The molecule has 1 aromatic rings. The summed E-state index contributed by atoms with van der Waals surface area (Å²) in [5.74, 6) is 1.92. The van der Waals surface area contributed by atoms with Gasteiger partial charge in [0.25, 0.3) is 0 Å². The predicted molar refractivity (Wildman–Crippen MR) is 95.2 cm³/mol. The summed E-state index contributed by atoms with van der Waals surface area (Å²) < 4.78 is 0. The van der Waals surface area contributed by atoms with Crippen LogP contribution in [0.25, 0.3) is 0 Å². The molecule has 2 fully saturated rings. The van der Waals surface area contributed by atoms with Crippen molar-refractivity contribution < 1.29 is 10.2 Å². The van der Waals surface area contributed by atoms with Crippen molar-refractivity contribution in [3.05, 3.63) is 6.07 Å². The summed E-state index contributed by atoms with van der Waals surface area (Å²) in [6.07, 6.45) is 4.33. The van der Waals surface area contributed by atoms with E-state index in [9.17, 15) is 10.2 Å². The second-order valence-corrected chi connectivity index (χ2v) is 7.12. The first-order valence-corrected chi connectivity index (χ1v) is 9.01. The Hall–Kier alpha value is -1.60. The number of nitrogens with two attached hydrogens (primary N) is 1. The highest BCUT2D eigenvalue weighted by Crippen LogP contribution is 2.37. The number of aliphatic hydroxyl groups excluding tert-OH is 2. The molecule has 0 amide bonds. The smallest absolute Gasteiger partial charge is 0.223 e. The maximum atomic E-state index is 10.6. The molecule has 3 rings (SSSR count). The van der Waals surface area contributed by atoms with Crippen LogP contribution in [0.15, 0.2) is 6.07 Å². The maximum absolute atomic E-state index is 10.6. The molecule has 0 bridgehead atoms. The van der Waals surface area contributed by atoms with E-state index in [4.69, 9.17) is 5.73 Å². The average molecular weight is 335 g/mol. The van der Waals surface area contributed by atoms with E-state index in [-0.39, 0.29) is 18.0 Å². The van der Waals surface area contributed by atoms with Crippen molar-refractivity contribution >= 4 is 17.6 Å². The van der Waals surface area contributed by atoms with Crippen LogP contribution in [-0.4, -0.2) is 59.1 Å². The van der Waals surface area contributed by atoms with E-state index in [0.717, 1.165) is 50.5 Å². The van der Waals surface area contributed by atoms with Gasteiger partial charge in [0.1, 0.15) is 11.6 Å². The van der Waals surface area contributed by atoms with Crippen molar-refractivity contribution in [1.29, 1.82) is 0 Å². The van der Waals surface area contributed by atoms with Crippen LogP contribution in [-0.2, 0) is 0 Å². The number of nitrogens with zero attached hydrogens (tertiary/aromatic N) is 4. The number of anilines is 3. The number of nitrogen functional groups attached to an aromatic ring is 1. The minimum absolute atomic E-state index is 0.0286. The maximum Gasteiger partial charge on any atom is 0.223 e. The van der Waals surface area contributed by atoms with Gasteiger partial charge in [-0.3, -0.25) is 0 Å². The molecule has 3 heterocycles. The molecule has 0 spiro atoms. The van der Waals surface area contributed by atoms with Crippen LogP contribution in [0.2, 0.25) is 0 Å². The molecule has 0 aromatic carbocycles. The second-order valence-electron chi connectivity index (χ2n) is 7.12. The monoisotopic (exact) mass is 335 g/mol. The number of aromatic nitrogens is 2. The van der Waals surface area contributed by atoms with Crippen LogP contribution in [0.4, 0.5) is 17.6 Å². The first kappa shape index (κ1) is 17.2. The summed E-state index contributed by atoms with van der Waals surface area (Å²) in [5.41, 5.74) is 5.53. The van der Waals surface area contributed by atoms with Crippen molar-refractivity contribution in [2.45, 2.75) is 45.1 Å². The topological polar surface area (TPSA) is 98.7 Å². The van der Waals surface area contributed by atoms with Gasteiger partial charge in [-0.05, 0) is 25.7 Å². The van der Waals surface area contributed by atoms with Crippen LogP contribution >= 0.6 is 0 Å². The lowest BCUT2D eigenvalue weighted by atomic mass is 9.73. The molecule has 134 valence electrons. The summed E-state index contributed by atoms with van der Waals surface area (Å²) >= 11 is 0. The second kappa shape index (κ2) is 7.11. The molecule has 0 saturated carbocycles. The fraction of sp³-hybridized carbons (Fsp3) is 0.765. The fourth-order valence-corrected chi connectivity index (χ4v) is 3.99. The number of piperidine rings is 1. The molecule has 2 aliphatic heterocycles. The molecule has 24 heavy (non-hydrogen) atoms. The Morgan fingerprint density at radius 3 is 2.46 bits per heavy atom. The van der Waals surface area contributed by atoms with E-state index >= 15 is 0 Å². The Bertz CT molecular complexity index is 564. The van der Waals surface area contributed by atoms with Gasteiger partial charge in [-0.1, -0.05) is 13.3 Å². The molecule has 2 aliphatic rings. The summed E-state index contributed by atoms with van der Waals surface area (Å²) in [5, 5.41) is 20.4. The van der Waals surface area contributed by atoms with Crippen LogP contribution < -0.4 is 15.5 Å². The Morgan fingerprint density at radius 1 is 1.21 bits per heavy atom. The molecule has 2 saturated heterocycles. The van der Waals surface area contributed by atoms with Crippen LogP contribution in [0, 0.1) is 5.41 Å². The van der Waals surface area contributed by atoms with Crippen molar-refractivity contribution in [3.63, 3.8) is 0 Å². The number of aliphatic hydroxyl groups is 2. The zero-order chi connectivity index (χ0) is 17.2. The Kier molecular flexibility index (Phi) is 5.10. The van der Waals surface area contributed by atoms with Crippen LogP contribution in [0.3, 0.4) is 0 Å². The Labute approximate surface area is 143 Å². The van der Waals surface area contributed by atoms with E-state index < -0.39 is 6.10 Å². The first-order chi connectivity index (χ1) is 11.6. The predicted octanol–water partition coefficient (Wildman–Crippen LogP) is 1.01. The summed E-state index contributed by atoms with van der Waals surface area (Å²) in [6.45, 7) is 5.35. The average Bonchev–Trinajstić information content (AvgIpc) is 3.11. The highest BCUT2D eigenvalue weighted by molar-refractivity contribution is 5.54. The van der Waals surface area contributed by atoms with Gasteiger partial charge in [0.05, 0.1) is 12.7 Å². The minimum atomic E-state index is -0.567. The van der Waals surface area contributed by atoms with Gasteiger partial charge in [0.2, 0.25) is 5.95 Å². The zero-order valence-corrected chi connectivity index (χ0v) is 14.5. The van der Waals surface area contributed by atoms with Crippen molar-refractivity contribution in [3.8, 4) is 0 Å². The van der Waals surface area contributed by atoms with Crippen LogP contribution in [0.5, 0.6) is 0 Å². The normalized spacial score (nSPS) is 27.7. The lowest BCUT2D eigenvalue weighted by Crippen LogP contribution is -2.53. The van der Waals surface area contributed by atoms with Gasteiger partial charge in [-0.2, -0.15) is 9.97 Å². The van der Waals surface area contributed by atoms with Crippen molar-refractivity contribution in [2.24, 2.45) is 5.41 Å². The van der Waals surface area contributed by atoms with E-state index in [1.165, 1.54) is 12.8 Å². The van der Waals surface area contributed by atoms with Crippen molar-refractivity contribution in [2.75, 3.05) is 48.3 Å². The van der Waals surface area contributed by atoms with E-state index in [1.807, 2.05) is 6.07 Å². The summed E-state index contributed by atoms with van der Waals surface area (Å²) in [4.78, 5) is 13.0. The van der Waals surface area contributed by atoms with Gasteiger partial charge < -0.3 is 25.7 Å². The fourth-order valence-electron chi connectivity index (χ4n) is 3.99. The number of hydrogen-bond donors (Lipinski definition) is 3. The van der Waals surface area contributed by atoms with Gasteiger partial charge in [-0.25, -0.2) is 0 Å². The lowest BCUT2D eigenvalue weighted by Gasteiger charge is -2.45. The summed E-state index contributed by atoms with van der Waals surface area (Å²) in [6, 6.07) is 1.97. The Morgan fingerprint density at radius 2 is 1.88 bits per heavy atom. The van der Waals surface area contributed by atoms with Gasteiger partial charge >= 0.3 is 0 Å². The third-order valence-electron chi connectivity index (χ3n) is 5.51. The highest BCUT2D eigenvalue weighted by atomic mass is 16.3. The zero-order valence-electron chi connectivity index (χ0n) is 14.5. The molecule has 4 N–H and O–H groups in total. The summed E-state index contributed by atoms with van der Waals surface area (Å²) in [7, 11) is 0. The molecule has 0 aliphatic carbocycles. The molecule has 7 nitrogen and oxygen atoms in total. The molecular weight excluding hydrogens is 306 g/mol. The van der Waals surface area contributed by atoms with Crippen LogP contribution in [0.1, 0.15) is 39.0 Å².